The summed E-state index contributed by atoms with van der Waals surface area (Å²) in [4.78, 5) is 22.2. The molecule has 1 aromatic carbocycles. The van der Waals surface area contributed by atoms with Gasteiger partial charge in [-0.15, -0.1) is 0 Å². The Morgan fingerprint density at radius 1 is 1.25 bits per heavy atom. The van der Waals surface area contributed by atoms with Crippen LogP contribution in [-0.2, 0) is 6.18 Å². The number of aromatic nitrogens is 2. The molecule has 1 aliphatic rings. The number of alkyl halides is 3. The van der Waals surface area contributed by atoms with E-state index in [1.165, 1.54) is 17.0 Å². The van der Waals surface area contributed by atoms with Crippen molar-refractivity contribution < 1.29 is 18.0 Å². The average molecular weight is 337 g/mol. The highest BCUT2D eigenvalue weighted by Crippen LogP contribution is 2.33. The van der Waals surface area contributed by atoms with E-state index in [4.69, 9.17) is 0 Å². The third-order valence-corrected chi connectivity index (χ3v) is 3.75. The second-order valence-electron chi connectivity index (χ2n) is 5.33. The minimum absolute atomic E-state index is 0.169. The van der Waals surface area contributed by atoms with Crippen molar-refractivity contribution in [1.82, 2.24) is 14.9 Å². The fourth-order valence-corrected chi connectivity index (χ4v) is 2.36. The fraction of sp³-hybridized carbons (Fsp3) is 0.200. The monoisotopic (exact) mass is 337 g/mol. The quantitative estimate of drug-likeness (QED) is 0.883. The van der Waals surface area contributed by atoms with Crippen LogP contribution in [0.4, 0.5) is 30.6 Å². The molecular formula is C15H14F3N5O. The number of amides is 1. The lowest BCUT2D eigenvalue weighted by Gasteiger charge is -2.31. The Balaban J connectivity index is 1.93. The Morgan fingerprint density at radius 3 is 2.62 bits per heavy atom. The molecule has 9 heteroatoms. The molecule has 0 aliphatic carbocycles. The molecule has 2 heterocycles. The number of nitrogens with zero attached hydrogens (tertiary/aromatic N) is 3. The molecule has 24 heavy (non-hydrogen) atoms. The third kappa shape index (κ3) is 2.57. The van der Waals surface area contributed by atoms with Crippen LogP contribution in [0.1, 0.15) is 16.1 Å². The number of H-pyrrole nitrogens is 1. The minimum atomic E-state index is -4.43. The summed E-state index contributed by atoms with van der Waals surface area (Å²) < 4.78 is 38.3. The van der Waals surface area contributed by atoms with E-state index in [0.29, 0.717) is 11.6 Å². The van der Waals surface area contributed by atoms with E-state index in [-0.39, 0.29) is 23.2 Å². The van der Waals surface area contributed by atoms with Crippen LogP contribution in [0.3, 0.4) is 0 Å². The second kappa shape index (κ2) is 5.29. The molecular weight excluding hydrogens is 323 g/mol. The van der Waals surface area contributed by atoms with Gasteiger partial charge in [0.25, 0.3) is 5.91 Å². The van der Waals surface area contributed by atoms with Crippen molar-refractivity contribution in [3.8, 4) is 0 Å². The van der Waals surface area contributed by atoms with Gasteiger partial charge >= 0.3 is 6.18 Å². The normalized spacial score (nSPS) is 14.9. The van der Waals surface area contributed by atoms with Crippen molar-refractivity contribution in [1.29, 1.82) is 0 Å². The number of hydrogen-bond donors (Lipinski definition) is 2. The first-order valence-electron chi connectivity index (χ1n) is 6.93. The molecule has 0 unspecified atom stereocenters. The largest absolute Gasteiger partial charge is 0.416 e. The van der Waals surface area contributed by atoms with Gasteiger partial charge in [-0.1, -0.05) is 12.6 Å². The van der Waals surface area contributed by atoms with Crippen molar-refractivity contribution in [3.63, 3.8) is 0 Å². The van der Waals surface area contributed by atoms with Crippen LogP contribution in [0.5, 0.6) is 0 Å². The number of rotatable bonds is 2. The van der Waals surface area contributed by atoms with Gasteiger partial charge in [0.2, 0.25) is 5.95 Å². The zero-order valence-corrected chi connectivity index (χ0v) is 12.9. The lowest BCUT2D eigenvalue weighted by Crippen LogP contribution is -2.40. The van der Waals surface area contributed by atoms with Gasteiger partial charge in [-0.25, -0.2) is 0 Å². The predicted octanol–water partition coefficient (Wildman–Crippen LogP) is 3.17. The summed E-state index contributed by atoms with van der Waals surface area (Å²) >= 11 is 0. The number of fused-ring (bicyclic) bond motifs is 1. The van der Waals surface area contributed by atoms with E-state index < -0.39 is 11.7 Å². The van der Waals surface area contributed by atoms with Crippen molar-refractivity contribution in [2.75, 3.05) is 24.3 Å². The Kier molecular flexibility index (Phi) is 3.51. The molecule has 0 atom stereocenters. The first-order valence-corrected chi connectivity index (χ1v) is 6.93. The van der Waals surface area contributed by atoms with Gasteiger partial charge in [-0.3, -0.25) is 9.69 Å². The standard InChI is InChI=1S/C15H14F3N5O/c1-8-22(2)12-11(13(24)23(8)3)20-14(21-12)19-10-6-4-5-9(7-10)15(16,17)18/h4-7H,1H2,2-3H3,(H2,19,20,21). The molecule has 0 bridgehead atoms. The fourth-order valence-electron chi connectivity index (χ4n) is 2.36. The molecule has 1 aromatic heterocycles. The van der Waals surface area contributed by atoms with Crippen molar-refractivity contribution in [3.05, 3.63) is 47.9 Å². The average Bonchev–Trinajstić information content (AvgIpc) is 2.94. The lowest BCUT2D eigenvalue weighted by atomic mass is 10.2. The van der Waals surface area contributed by atoms with Crippen LogP contribution in [0.25, 0.3) is 0 Å². The summed E-state index contributed by atoms with van der Waals surface area (Å²) in [5, 5.41) is 2.75. The molecule has 0 radical (unpaired) electrons. The Morgan fingerprint density at radius 2 is 1.96 bits per heavy atom. The topological polar surface area (TPSA) is 64.3 Å². The van der Waals surface area contributed by atoms with Crippen molar-refractivity contribution in [2.24, 2.45) is 0 Å². The molecule has 126 valence electrons. The number of carbonyl (C=O) groups excluding carboxylic acids is 1. The number of aromatic amines is 1. The summed E-state index contributed by atoms with van der Waals surface area (Å²) in [6, 6.07) is 4.72. The first-order chi connectivity index (χ1) is 11.2. The van der Waals surface area contributed by atoms with E-state index in [1.807, 2.05) is 0 Å². The highest BCUT2D eigenvalue weighted by molar-refractivity contribution is 6.01. The van der Waals surface area contributed by atoms with Gasteiger partial charge in [-0.05, 0) is 18.2 Å². The molecule has 2 N–H and O–H groups in total. The maximum atomic E-state index is 12.8. The van der Waals surface area contributed by atoms with Gasteiger partial charge < -0.3 is 15.2 Å². The minimum Gasteiger partial charge on any atom is -0.326 e. The molecule has 0 saturated heterocycles. The predicted molar refractivity (Wildman–Crippen MR) is 83.0 cm³/mol. The molecule has 1 aliphatic heterocycles. The van der Waals surface area contributed by atoms with E-state index >= 15 is 0 Å². The maximum absolute atomic E-state index is 12.8. The third-order valence-electron chi connectivity index (χ3n) is 3.75. The maximum Gasteiger partial charge on any atom is 0.416 e. The lowest BCUT2D eigenvalue weighted by molar-refractivity contribution is -0.137. The van der Waals surface area contributed by atoms with Crippen LogP contribution in [0, 0.1) is 0 Å². The highest BCUT2D eigenvalue weighted by Gasteiger charge is 2.32. The van der Waals surface area contributed by atoms with Crippen LogP contribution >= 0.6 is 0 Å². The van der Waals surface area contributed by atoms with Gasteiger partial charge in [0.1, 0.15) is 5.82 Å². The number of hydrogen-bond acceptors (Lipinski definition) is 4. The molecule has 0 saturated carbocycles. The van der Waals surface area contributed by atoms with Crippen LogP contribution < -0.4 is 10.2 Å². The molecule has 3 rings (SSSR count). The summed E-state index contributed by atoms with van der Waals surface area (Å²) in [7, 11) is 3.27. The SMILES string of the molecule is C=C1N(C)C(=O)c2[nH]c(Nc3cccc(C(F)(F)F)c3)nc2N1C. The molecule has 0 spiro atoms. The van der Waals surface area contributed by atoms with Crippen molar-refractivity contribution >= 4 is 23.4 Å². The molecule has 1 amide bonds. The smallest absolute Gasteiger partial charge is 0.326 e. The number of benzene rings is 1. The summed E-state index contributed by atoms with van der Waals surface area (Å²) in [5.74, 6) is 0.655. The van der Waals surface area contributed by atoms with Crippen molar-refractivity contribution in [2.45, 2.75) is 6.18 Å². The van der Waals surface area contributed by atoms with E-state index in [1.54, 1.807) is 19.0 Å². The second-order valence-corrected chi connectivity index (χ2v) is 5.33. The number of carbonyl (C=O) groups is 1. The Hall–Kier alpha value is -2.97. The van der Waals surface area contributed by atoms with Gasteiger partial charge in [-0.2, -0.15) is 18.2 Å². The molecule has 0 fully saturated rings. The number of halogens is 3. The Bertz CT molecular complexity index is 827. The highest BCUT2D eigenvalue weighted by atomic mass is 19.4. The number of imidazole rings is 1. The van der Waals surface area contributed by atoms with Gasteiger partial charge in [0.15, 0.2) is 11.5 Å². The van der Waals surface area contributed by atoms with Gasteiger partial charge in [0, 0.05) is 19.8 Å². The van der Waals surface area contributed by atoms with E-state index in [2.05, 4.69) is 21.9 Å². The Labute approximate surface area is 135 Å². The zero-order valence-electron chi connectivity index (χ0n) is 12.9. The van der Waals surface area contributed by atoms with E-state index in [0.717, 1.165) is 12.1 Å². The van der Waals surface area contributed by atoms with Crippen LogP contribution in [-0.4, -0.2) is 34.9 Å². The van der Waals surface area contributed by atoms with Gasteiger partial charge in [0.05, 0.1) is 5.56 Å². The molecule has 2 aromatic rings. The summed E-state index contributed by atoms with van der Waals surface area (Å²) in [5.41, 5.74) is -0.329. The summed E-state index contributed by atoms with van der Waals surface area (Å²) in [6.45, 7) is 3.79. The van der Waals surface area contributed by atoms with E-state index in [9.17, 15) is 18.0 Å². The van der Waals surface area contributed by atoms with Crippen LogP contribution in [0.15, 0.2) is 36.7 Å². The number of anilines is 3. The number of nitrogens with one attached hydrogen (secondary N) is 2. The molecule has 6 nitrogen and oxygen atoms in total. The zero-order chi connectivity index (χ0) is 17.6. The first kappa shape index (κ1) is 15.9. The summed E-state index contributed by atoms with van der Waals surface area (Å²) in [6.07, 6.45) is -4.43. The van der Waals surface area contributed by atoms with Crippen LogP contribution in [0.2, 0.25) is 0 Å².